The van der Waals surface area contributed by atoms with Gasteiger partial charge < -0.3 is 10.4 Å². The predicted octanol–water partition coefficient (Wildman–Crippen LogP) is 1.75. The van der Waals surface area contributed by atoms with E-state index in [2.05, 4.69) is 10.3 Å². The van der Waals surface area contributed by atoms with Gasteiger partial charge in [-0.1, -0.05) is 20.8 Å². The zero-order chi connectivity index (χ0) is 13.8. The molecule has 1 atom stereocenters. The second kappa shape index (κ2) is 5.91. The number of amides is 1. The van der Waals surface area contributed by atoms with Gasteiger partial charge >= 0.3 is 0 Å². The van der Waals surface area contributed by atoms with Gasteiger partial charge in [-0.2, -0.15) is 0 Å². The van der Waals surface area contributed by atoms with Crippen LogP contribution in [0.3, 0.4) is 0 Å². The van der Waals surface area contributed by atoms with Crippen LogP contribution in [0.25, 0.3) is 0 Å². The molecule has 5 heteroatoms. The third-order valence-corrected chi connectivity index (χ3v) is 2.74. The first kappa shape index (κ1) is 14.6. The van der Waals surface area contributed by atoms with Crippen molar-refractivity contribution in [2.45, 2.75) is 33.2 Å². The fourth-order valence-electron chi connectivity index (χ4n) is 1.63. The van der Waals surface area contributed by atoms with E-state index in [4.69, 9.17) is 5.11 Å². The minimum absolute atomic E-state index is 0.0103. The van der Waals surface area contributed by atoms with Crippen LogP contribution in [0.5, 0.6) is 0 Å². The van der Waals surface area contributed by atoms with Crippen molar-refractivity contribution in [3.05, 3.63) is 29.8 Å². The third-order valence-electron chi connectivity index (χ3n) is 2.74. The second-order valence-electron chi connectivity index (χ2n) is 5.30. The van der Waals surface area contributed by atoms with Gasteiger partial charge in [0.1, 0.15) is 5.82 Å². The van der Waals surface area contributed by atoms with Gasteiger partial charge in [-0.3, -0.25) is 9.78 Å². The highest BCUT2D eigenvalue weighted by atomic mass is 19.1. The van der Waals surface area contributed by atoms with Crippen molar-refractivity contribution in [2.75, 3.05) is 6.61 Å². The highest BCUT2D eigenvalue weighted by Crippen LogP contribution is 2.22. The molecule has 18 heavy (non-hydrogen) atoms. The van der Waals surface area contributed by atoms with Crippen LogP contribution in [0.1, 0.15) is 37.6 Å². The first-order valence-electron chi connectivity index (χ1n) is 5.87. The van der Waals surface area contributed by atoms with Gasteiger partial charge in [0.2, 0.25) is 0 Å². The van der Waals surface area contributed by atoms with E-state index in [0.29, 0.717) is 6.42 Å². The normalized spacial score (nSPS) is 13.2. The van der Waals surface area contributed by atoms with Crippen molar-refractivity contribution in [3.63, 3.8) is 0 Å². The number of hydrogen-bond donors (Lipinski definition) is 2. The number of pyridine rings is 1. The molecular weight excluding hydrogens is 235 g/mol. The predicted molar refractivity (Wildman–Crippen MR) is 66.6 cm³/mol. The number of halogens is 1. The molecule has 1 aromatic heterocycles. The number of nitrogens with one attached hydrogen (secondary N) is 1. The topological polar surface area (TPSA) is 62.2 Å². The fourth-order valence-corrected chi connectivity index (χ4v) is 1.63. The molecule has 0 aliphatic heterocycles. The quantitative estimate of drug-likeness (QED) is 0.860. The Morgan fingerprint density at radius 1 is 1.50 bits per heavy atom. The number of aromatic nitrogens is 1. The summed E-state index contributed by atoms with van der Waals surface area (Å²) >= 11 is 0. The molecule has 0 radical (unpaired) electrons. The maximum Gasteiger partial charge on any atom is 0.253 e. The molecule has 100 valence electrons. The van der Waals surface area contributed by atoms with Gasteiger partial charge in [0.05, 0.1) is 11.8 Å². The van der Waals surface area contributed by atoms with E-state index >= 15 is 0 Å². The van der Waals surface area contributed by atoms with E-state index < -0.39 is 5.82 Å². The summed E-state index contributed by atoms with van der Waals surface area (Å²) in [5.41, 5.74) is 0.00118. The summed E-state index contributed by atoms with van der Waals surface area (Å²) in [4.78, 5) is 15.6. The van der Waals surface area contributed by atoms with Gasteiger partial charge in [-0.15, -0.1) is 0 Å². The van der Waals surface area contributed by atoms with Crippen LogP contribution in [0.4, 0.5) is 4.39 Å². The SMILES string of the molecule is CC(C)(C)C(CCO)NC(=O)c1cncc(F)c1. The summed E-state index contributed by atoms with van der Waals surface area (Å²) < 4.78 is 13.0. The molecule has 2 N–H and O–H groups in total. The van der Waals surface area contributed by atoms with Crippen LogP contribution < -0.4 is 5.32 Å². The zero-order valence-electron chi connectivity index (χ0n) is 10.9. The summed E-state index contributed by atoms with van der Waals surface area (Å²) in [6.45, 7) is 5.90. The van der Waals surface area contributed by atoms with E-state index in [9.17, 15) is 9.18 Å². The van der Waals surface area contributed by atoms with Gasteiger partial charge in [-0.05, 0) is 17.9 Å². The Kier molecular flexibility index (Phi) is 4.78. The van der Waals surface area contributed by atoms with Crippen molar-refractivity contribution in [1.29, 1.82) is 0 Å². The van der Waals surface area contributed by atoms with Crippen LogP contribution in [0, 0.1) is 11.2 Å². The molecule has 1 rings (SSSR count). The Balaban J connectivity index is 2.79. The molecule has 0 spiro atoms. The number of rotatable bonds is 4. The van der Waals surface area contributed by atoms with Gasteiger partial charge in [-0.25, -0.2) is 4.39 Å². The van der Waals surface area contributed by atoms with E-state index in [1.54, 1.807) is 0 Å². The molecule has 1 amide bonds. The third kappa shape index (κ3) is 4.07. The van der Waals surface area contributed by atoms with Crippen molar-refractivity contribution in [1.82, 2.24) is 10.3 Å². The minimum Gasteiger partial charge on any atom is -0.396 e. The Morgan fingerprint density at radius 2 is 2.17 bits per heavy atom. The maximum absolute atomic E-state index is 13.0. The molecule has 1 heterocycles. The van der Waals surface area contributed by atoms with Crippen LogP contribution >= 0.6 is 0 Å². The second-order valence-corrected chi connectivity index (χ2v) is 5.30. The molecule has 0 fully saturated rings. The first-order chi connectivity index (χ1) is 8.34. The Hall–Kier alpha value is -1.49. The average Bonchev–Trinajstić information content (AvgIpc) is 2.27. The Bertz CT molecular complexity index is 416. The number of carbonyl (C=O) groups is 1. The number of aliphatic hydroxyl groups excluding tert-OH is 1. The Labute approximate surface area is 106 Å². The summed E-state index contributed by atoms with van der Waals surface area (Å²) in [6.07, 6.45) is 2.82. The average molecular weight is 254 g/mol. The lowest BCUT2D eigenvalue weighted by Crippen LogP contribution is -2.44. The van der Waals surface area contributed by atoms with E-state index in [0.717, 1.165) is 12.3 Å². The van der Waals surface area contributed by atoms with E-state index in [-0.39, 0.29) is 29.5 Å². The summed E-state index contributed by atoms with van der Waals surface area (Å²) in [5.74, 6) is -0.924. The number of carbonyl (C=O) groups excluding carboxylic acids is 1. The van der Waals surface area contributed by atoms with Crippen LogP contribution in [0.15, 0.2) is 18.5 Å². The molecule has 0 saturated heterocycles. The molecule has 1 aromatic rings. The van der Waals surface area contributed by atoms with Gasteiger partial charge in [0, 0.05) is 18.8 Å². The molecule has 0 aromatic carbocycles. The van der Waals surface area contributed by atoms with Crippen molar-refractivity contribution in [3.8, 4) is 0 Å². The molecular formula is C13H19FN2O2. The lowest BCUT2D eigenvalue weighted by atomic mass is 9.85. The van der Waals surface area contributed by atoms with Crippen molar-refractivity contribution < 1.29 is 14.3 Å². The molecule has 1 unspecified atom stereocenters. The maximum atomic E-state index is 13.0. The highest BCUT2D eigenvalue weighted by Gasteiger charge is 2.26. The smallest absolute Gasteiger partial charge is 0.253 e. The first-order valence-corrected chi connectivity index (χ1v) is 5.87. The standard InChI is InChI=1S/C13H19FN2O2/c1-13(2,3)11(4-5-17)16-12(18)9-6-10(14)8-15-7-9/h6-8,11,17H,4-5H2,1-3H3,(H,16,18). The lowest BCUT2D eigenvalue weighted by Gasteiger charge is -2.31. The molecule has 4 nitrogen and oxygen atoms in total. The largest absolute Gasteiger partial charge is 0.396 e. The zero-order valence-corrected chi connectivity index (χ0v) is 10.9. The minimum atomic E-state index is -0.544. The van der Waals surface area contributed by atoms with Gasteiger partial charge in [0.25, 0.3) is 5.91 Å². The summed E-state index contributed by atoms with van der Waals surface area (Å²) in [5, 5.41) is 11.8. The van der Waals surface area contributed by atoms with E-state index in [1.165, 1.54) is 6.20 Å². The molecule has 0 bridgehead atoms. The Morgan fingerprint density at radius 3 is 2.67 bits per heavy atom. The summed E-state index contributed by atoms with van der Waals surface area (Å²) in [7, 11) is 0. The summed E-state index contributed by atoms with van der Waals surface area (Å²) in [6, 6.07) is 0.958. The van der Waals surface area contributed by atoms with Crippen LogP contribution in [0.2, 0.25) is 0 Å². The monoisotopic (exact) mass is 254 g/mol. The fraction of sp³-hybridized carbons (Fsp3) is 0.538. The molecule has 0 saturated carbocycles. The van der Waals surface area contributed by atoms with E-state index in [1.807, 2.05) is 20.8 Å². The van der Waals surface area contributed by atoms with Crippen LogP contribution in [-0.4, -0.2) is 28.6 Å². The molecule has 0 aliphatic rings. The number of hydrogen-bond acceptors (Lipinski definition) is 3. The lowest BCUT2D eigenvalue weighted by molar-refractivity contribution is 0.0884. The van der Waals surface area contributed by atoms with Crippen molar-refractivity contribution >= 4 is 5.91 Å². The molecule has 0 aliphatic carbocycles. The highest BCUT2D eigenvalue weighted by molar-refractivity contribution is 5.94. The number of nitrogens with zero attached hydrogens (tertiary/aromatic N) is 1. The van der Waals surface area contributed by atoms with Crippen molar-refractivity contribution in [2.24, 2.45) is 5.41 Å². The van der Waals surface area contributed by atoms with Gasteiger partial charge in [0.15, 0.2) is 0 Å². The van der Waals surface area contributed by atoms with Crippen LogP contribution in [-0.2, 0) is 0 Å². The number of aliphatic hydroxyl groups is 1.